The molecule has 0 aromatic heterocycles. The number of morpholine rings is 1. The number of nitrogens with zero attached hydrogens (tertiary/aromatic N) is 2. The van der Waals surface area contributed by atoms with Crippen LogP contribution < -0.4 is 4.90 Å². The number of benzene rings is 2. The van der Waals surface area contributed by atoms with Gasteiger partial charge in [0, 0.05) is 32.4 Å². The molecule has 1 heterocycles. The zero-order chi connectivity index (χ0) is 18.7. The van der Waals surface area contributed by atoms with Crippen LogP contribution in [0.3, 0.4) is 0 Å². The summed E-state index contributed by atoms with van der Waals surface area (Å²) in [5.41, 5.74) is 2.03. The molecular weight excluding hydrogens is 395 g/mol. The smallest absolute Gasteiger partial charge is 0.243 e. The summed E-state index contributed by atoms with van der Waals surface area (Å²) in [5.74, 6) is 0. The molecule has 0 atom stereocenters. The lowest BCUT2D eigenvalue weighted by molar-refractivity contribution is 0.122. The second-order valence-corrected chi connectivity index (χ2v) is 8.96. The van der Waals surface area contributed by atoms with Crippen LogP contribution >= 0.6 is 23.2 Å². The molecule has 1 saturated heterocycles. The molecule has 0 N–H and O–H groups in total. The van der Waals surface area contributed by atoms with Crippen molar-refractivity contribution in [3.8, 4) is 0 Å². The van der Waals surface area contributed by atoms with Gasteiger partial charge < -0.3 is 9.64 Å². The van der Waals surface area contributed by atoms with E-state index in [2.05, 4.69) is 4.90 Å². The molecular formula is C18H20Cl2N2O3S. The summed E-state index contributed by atoms with van der Waals surface area (Å²) in [6.07, 6.45) is 0. The van der Waals surface area contributed by atoms with Gasteiger partial charge in [-0.25, -0.2) is 8.42 Å². The average molecular weight is 415 g/mol. The van der Waals surface area contributed by atoms with Crippen molar-refractivity contribution >= 4 is 38.9 Å². The maximum absolute atomic E-state index is 12.7. The number of ether oxygens (including phenoxy) is 1. The molecule has 26 heavy (non-hydrogen) atoms. The normalized spacial score (nSPS) is 15.5. The fraction of sp³-hybridized carbons (Fsp3) is 0.333. The van der Waals surface area contributed by atoms with E-state index in [9.17, 15) is 8.42 Å². The first-order valence-corrected chi connectivity index (χ1v) is 10.4. The van der Waals surface area contributed by atoms with Crippen molar-refractivity contribution in [2.45, 2.75) is 11.4 Å². The van der Waals surface area contributed by atoms with Crippen LogP contribution in [-0.2, 0) is 21.3 Å². The maximum Gasteiger partial charge on any atom is 0.243 e. The molecule has 8 heteroatoms. The largest absolute Gasteiger partial charge is 0.378 e. The minimum atomic E-state index is -3.64. The number of rotatable bonds is 5. The van der Waals surface area contributed by atoms with Crippen molar-refractivity contribution in [3.05, 3.63) is 58.1 Å². The summed E-state index contributed by atoms with van der Waals surface area (Å²) >= 11 is 11.8. The van der Waals surface area contributed by atoms with E-state index in [0.29, 0.717) is 5.02 Å². The monoisotopic (exact) mass is 414 g/mol. The van der Waals surface area contributed by atoms with E-state index in [1.807, 2.05) is 24.3 Å². The molecule has 0 saturated carbocycles. The van der Waals surface area contributed by atoms with E-state index in [1.165, 1.54) is 22.5 Å². The fourth-order valence-corrected chi connectivity index (χ4v) is 4.34. The highest BCUT2D eigenvalue weighted by Crippen LogP contribution is 2.27. The quantitative estimate of drug-likeness (QED) is 0.748. The van der Waals surface area contributed by atoms with E-state index in [4.69, 9.17) is 27.9 Å². The van der Waals surface area contributed by atoms with Gasteiger partial charge in [0.15, 0.2) is 0 Å². The highest BCUT2D eigenvalue weighted by Gasteiger charge is 2.22. The average Bonchev–Trinajstić information content (AvgIpc) is 2.65. The Morgan fingerprint density at radius 3 is 2.31 bits per heavy atom. The van der Waals surface area contributed by atoms with E-state index in [1.54, 1.807) is 7.05 Å². The number of halogens is 2. The van der Waals surface area contributed by atoms with Crippen molar-refractivity contribution in [1.82, 2.24) is 4.31 Å². The SMILES string of the molecule is CN(Cc1ccc(N2CCOCC2)cc1)S(=O)(=O)c1ccc(Cl)c(Cl)c1. The van der Waals surface area contributed by atoms with Crippen molar-refractivity contribution in [3.63, 3.8) is 0 Å². The van der Waals surface area contributed by atoms with Gasteiger partial charge in [0.05, 0.1) is 28.2 Å². The molecule has 0 radical (unpaired) electrons. The van der Waals surface area contributed by atoms with Crippen LogP contribution in [-0.4, -0.2) is 46.1 Å². The highest BCUT2D eigenvalue weighted by molar-refractivity contribution is 7.89. The first-order chi connectivity index (χ1) is 12.4. The van der Waals surface area contributed by atoms with Crippen LogP contribution in [0.4, 0.5) is 5.69 Å². The topological polar surface area (TPSA) is 49.9 Å². The van der Waals surface area contributed by atoms with Gasteiger partial charge in [0.2, 0.25) is 10.0 Å². The Morgan fingerprint density at radius 2 is 1.69 bits per heavy atom. The van der Waals surface area contributed by atoms with Gasteiger partial charge in [0.25, 0.3) is 0 Å². The molecule has 3 rings (SSSR count). The van der Waals surface area contributed by atoms with Crippen LogP contribution in [0.5, 0.6) is 0 Å². The Hall–Kier alpha value is -1.31. The lowest BCUT2D eigenvalue weighted by Crippen LogP contribution is -2.36. The molecule has 0 bridgehead atoms. The zero-order valence-corrected chi connectivity index (χ0v) is 16.7. The summed E-state index contributed by atoms with van der Waals surface area (Å²) in [6.45, 7) is 3.46. The van der Waals surface area contributed by atoms with Gasteiger partial charge in [-0.3, -0.25) is 0 Å². The first kappa shape index (κ1) is 19.5. The van der Waals surface area contributed by atoms with Gasteiger partial charge in [-0.15, -0.1) is 0 Å². The number of hydrogen-bond acceptors (Lipinski definition) is 4. The molecule has 5 nitrogen and oxygen atoms in total. The summed E-state index contributed by atoms with van der Waals surface area (Å²) in [4.78, 5) is 2.38. The van der Waals surface area contributed by atoms with E-state index >= 15 is 0 Å². The molecule has 0 amide bonds. The molecule has 1 aliphatic rings. The minimum Gasteiger partial charge on any atom is -0.378 e. The second kappa shape index (κ2) is 8.15. The third-order valence-electron chi connectivity index (χ3n) is 4.32. The summed E-state index contributed by atoms with van der Waals surface area (Å²) in [6, 6.07) is 12.2. The van der Waals surface area contributed by atoms with Gasteiger partial charge in [0.1, 0.15) is 0 Å². The molecule has 0 unspecified atom stereocenters. The Bertz CT molecular complexity index is 867. The third kappa shape index (κ3) is 4.32. The highest BCUT2D eigenvalue weighted by atomic mass is 35.5. The minimum absolute atomic E-state index is 0.124. The van der Waals surface area contributed by atoms with Gasteiger partial charge in [-0.2, -0.15) is 4.31 Å². The van der Waals surface area contributed by atoms with Crippen LogP contribution in [0, 0.1) is 0 Å². The van der Waals surface area contributed by atoms with Gasteiger partial charge in [-0.05, 0) is 35.9 Å². The third-order valence-corrected chi connectivity index (χ3v) is 6.86. The van der Waals surface area contributed by atoms with Gasteiger partial charge in [-0.1, -0.05) is 35.3 Å². The van der Waals surface area contributed by atoms with E-state index in [-0.39, 0.29) is 16.5 Å². The van der Waals surface area contributed by atoms with Crippen molar-refractivity contribution in [2.24, 2.45) is 0 Å². The van der Waals surface area contributed by atoms with Crippen molar-refractivity contribution < 1.29 is 13.2 Å². The van der Waals surface area contributed by atoms with Crippen LogP contribution in [0.15, 0.2) is 47.4 Å². The van der Waals surface area contributed by atoms with Crippen LogP contribution in [0.1, 0.15) is 5.56 Å². The molecule has 1 aliphatic heterocycles. The number of hydrogen-bond donors (Lipinski definition) is 0. The number of anilines is 1. The summed E-state index contributed by atoms with van der Waals surface area (Å²) in [5, 5.41) is 0.544. The van der Waals surface area contributed by atoms with Crippen LogP contribution in [0.25, 0.3) is 0 Å². The van der Waals surface area contributed by atoms with E-state index < -0.39 is 10.0 Å². The summed E-state index contributed by atoms with van der Waals surface area (Å²) < 4.78 is 32.1. The molecule has 1 fully saturated rings. The Morgan fingerprint density at radius 1 is 1.04 bits per heavy atom. The van der Waals surface area contributed by atoms with Gasteiger partial charge >= 0.3 is 0 Å². The molecule has 2 aromatic carbocycles. The predicted molar refractivity (Wildman–Crippen MR) is 105 cm³/mol. The van der Waals surface area contributed by atoms with E-state index in [0.717, 1.165) is 37.6 Å². The maximum atomic E-state index is 12.7. The number of sulfonamides is 1. The standard InChI is InChI=1S/C18H20Cl2N2O3S/c1-21(26(23,24)16-6-7-17(19)18(20)12-16)13-14-2-4-15(5-3-14)22-8-10-25-11-9-22/h2-7,12H,8-11,13H2,1H3. The molecule has 0 aliphatic carbocycles. The van der Waals surface area contributed by atoms with Crippen molar-refractivity contribution in [1.29, 1.82) is 0 Å². The Kier molecular flexibility index (Phi) is 6.10. The lowest BCUT2D eigenvalue weighted by atomic mass is 10.2. The first-order valence-electron chi connectivity index (χ1n) is 8.21. The molecule has 140 valence electrons. The molecule has 0 spiro atoms. The predicted octanol–water partition coefficient (Wildman–Crippen LogP) is 3.65. The molecule has 2 aromatic rings. The second-order valence-electron chi connectivity index (χ2n) is 6.10. The Labute approximate surface area is 164 Å². The lowest BCUT2D eigenvalue weighted by Gasteiger charge is -2.29. The fourth-order valence-electron chi connectivity index (χ4n) is 2.79. The van der Waals surface area contributed by atoms with Crippen molar-refractivity contribution in [2.75, 3.05) is 38.3 Å². The van der Waals surface area contributed by atoms with Crippen LogP contribution in [0.2, 0.25) is 10.0 Å². The summed E-state index contributed by atoms with van der Waals surface area (Å²) in [7, 11) is -2.09. The Balaban J connectivity index is 1.72. The zero-order valence-electron chi connectivity index (χ0n) is 14.4.